The van der Waals surface area contributed by atoms with Gasteiger partial charge in [0.05, 0.1) is 7.11 Å². The Balaban J connectivity index is 1.82. The number of rotatable bonds is 6. The molecule has 0 saturated carbocycles. The van der Waals surface area contributed by atoms with Gasteiger partial charge in [-0.1, -0.05) is 25.1 Å². The Morgan fingerprint density at radius 1 is 1.50 bits per heavy atom. The van der Waals surface area contributed by atoms with Crippen molar-refractivity contribution in [3.8, 4) is 5.75 Å². The molecule has 1 aromatic carbocycles. The van der Waals surface area contributed by atoms with Crippen LogP contribution in [0.4, 0.5) is 0 Å². The molecule has 1 fully saturated rings. The van der Waals surface area contributed by atoms with Gasteiger partial charge in [0.2, 0.25) is 5.91 Å². The van der Waals surface area contributed by atoms with E-state index in [1.54, 1.807) is 7.11 Å². The molecule has 2 unspecified atom stereocenters. The van der Waals surface area contributed by atoms with E-state index in [2.05, 4.69) is 23.6 Å². The Morgan fingerprint density at radius 3 is 3.00 bits per heavy atom. The molecule has 2 atom stereocenters. The summed E-state index contributed by atoms with van der Waals surface area (Å²) in [5.74, 6) is 1.36. The fourth-order valence-electron chi connectivity index (χ4n) is 2.70. The van der Waals surface area contributed by atoms with Gasteiger partial charge in [-0.2, -0.15) is 0 Å². The van der Waals surface area contributed by atoms with Crippen molar-refractivity contribution in [3.63, 3.8) is 0 Å². The van der Waals surface area contributed by atoms with Gasteiger partial charge in [-0.05, 0) is 36.9 Å². The number of carbonyl (C=O) groups excluding carboxylic acids is 1. The minimum absolute atomic E-state index is 0.154. The number of carbonyl (C=O) groups is 1. The van der Waals surface area contributed by atoms with E-state index < -0.39 is 0 Å². The van der Waals surface area contributed by atoms with E-state index in [0.717, 1.165) is 37.2 Å². The molecule has 4 nitrogen and oxygen atoms in total. The van der Waals surface area contributed by atoms with Crippen LogP contribution >= 0.6 is 0 Å². The van der Waals surface area contributed by atoms with Gasteiger partial charge in [0.1, 0.15) is 5.75 Å². The topological polar surface area (TPSA) is 50.4 Å². The number of amides is 1. The summed E-state index contributed by atoms with van der Waals surface area (Å²) in [6.45, 7) is 4.01. The summed E-state index contributed by atoms with van der Waals surface area (Å²) in [7, 11) is 1.68. The highest BCUT2D eigenvalue weighted by Gasteiger charge is 2.18. The Kier molecular flexibility index (Phi) is 5.41. The summed E-state index contributed by atoms with van der Waals surface area (Å²) in [6, 6.07) is 8.31. The first kappa shape index (κ1) is 14.9. The average molecular weight is 276 g/mol. The molecule has 0 spiro atoms. The van der Waals surface area contributed by atoms with E-state index in [-0.39, 0.29) is 5.91 Å². The highest BCUT2D eigenvalue weighted by molar-refractivity contribution is 5.76. The number of nitrogens with one attached hydrogen (secondary N) is 2. The second-order valence-electron chi connectivity index (χ2n) is 5.58. The van der Waals surface area contributed by atoms with E-state index >= 15 is 0 Å². The Bertz CT molecular complexity index is 442. The van der Waals surface area contributed by atoms with E-state index in [4.69, 9.17) is 4.74 Å². The van der Waals surface area contributed by atoms with Crippen LogP contribution in [0.1, 0.15) is 25.3 Å². The predicted molar refractivity (Wildman–Crippen MR) is 79.9 cm³/mol. The molecule has 2 rings (SSSR count). The SMILES string of the molecule is COc1ccccc1CC(C)CC(=O)NC1CCNC1. The van der Waals surface area contributed by atoms with Gasteiger partial charge in [0.15, 0.2) is 0 Å². The lowest BCUT2D eigenvalue weighted by Gasteiger charge is -2.16. The Labute approximate surface area is 120 Å². The fourth-order valence-corrected chi connectivity index (χ4v) is 2.70. The van der Waals surface area contributed by atoms with E-state index in [0.29, 0.717) is 18.4 Å². The standard InChI is InChI=1S/C16H24N2O2/c1-12(9-13-5-3-4-6-15(13)20-2)10-16(19)18-14-7-8-17-11-14/h3-6,12,14,17H,7-11H2,1-2H3,(H,18,19). The van der Waals surface area contributed by atoms with E-state index in [9.17, 15) is 4.79 Å². The number of methoxy groups -OCH3 is 1. The van der Waals surface area contributed by atoms with Crippen LogP contribution in [0.15, 0.2) is 24.3 Å². The number of para-hydroxylation sites is 1. The fraction of sp³-hybridized carbons (Fsp3) is 0.562. The molecule has 1 heterocycles. The molecule has 0 aliphatic carbocycles. The summed E-state index contributed by atoms with van der Waals surface area (Å²) < 4.78 is 5.35. The van der Waals surface area contributed by atoms with Gasteiger partial charge < -0.3 is 15.4 Å². The van der Waals surface area contributed by atoms with Crippen molar-refractivity contribution in [1.82, 2.24) is 10.6 Å². The zero-order valence-corrected chi connectivity index (χ0v) is 12.3. The molecule has 1 aromatic rings. The second kappa shape index (κ2) is 7.29. The molecule has 1 amide bonds. The molecular formula is C16H24N2O2. The van der Waals surface area contributed by atoms with Crippen LogP contribution in [0.3, 0.4) is 0 Å². The first-order valence-corrected chi connectivity index (χ1v) is 7.31. The summed E-state index contributed by atoms with van der Waals surface area (Å²) in [4.78, 5) is 12.0. The molecule has 4 heteroatoms. The van der Waals surface area contributed by atoms with Crippen LogP contribution in [-0.4, -0.2) is 32.1 Å². The van der Waals surface area contributed by atoms with Crippen molar-refractivity contribution >= 4 is 5.91 Å². The van der Waals surface area contributed by atoms with Crippen LogP contribution in [0.5, 0.6) is 5.75 Å². The minimum atomic E-state index is 0.154. The highest BCUT2D eigenvalue weighted by Crippen LogP contribution is 2.22. The molecule has 110 valence electrons. The number of benzene rings is 1. The lowest BCUT2D eigenvalue weighted by atomic mass is 9.97. The van der Waals surface area contributed by atoms with Crippen LogP contribution in [0.25, 0.3) is 0 Å². The summed E-state index contributed by atoms with van der Waals surface area (Å²) in [5, 5.41) is 6.35. The molecular weight excluding hydrogens is 252 g/mol. The maximum atomic E-state index is 12.0. The van der Waals surface area contributed by atoms with E-state index in [1.165, 1.54) is 0 Å². The molecule has 1 saturated heterocycles. The van der Waals surface area contributed by atoms with Gasteiger partial charge in [-0.3, -0.25) is 4.79 Å². The molecule has 0 radical (unpaired) electrons. The third kappa shape index (κ3) is 4.23. The maximum Gasteiger partial charge on any atom is 0.220 e. The summed E-state index contributed by atoms with van der Waals surface area (Å²) in [6.07, 6.45) is 2.46. The molecule has 2 N–H and O–H groups in total. The van der Waals surface area contributed by atoms with Gasteiger partial charge in [0, 0.05) is 19.0 Å². The van der Waals surface area contributed by atoms with Crippen LogP contribution in [0, 0.1) is 5.92 Å². The first-order chi connectivity index (χ1) is 9.69. The van der Waals surface area contributed by atoms with Crippen molar-refractivity contribution in [2.45, 2.75) is 32.2 Å². The highest BCUT2D eigenvalue weighted by atomic mass is 16.5. The van der Waals surface area contributed by atoms with Crippen molar-refractivity contribution in [3.05, 3.63) is 29.8 Å². The number of hydrogen-bond acceptors (Lipinski definition) is 3. The summed E-state index contributed by atoms with van der Waals surface area (Å²) in [5.41, 5.74) is 1.16. The van der Waals surface area contributed by atoms with Crippen molar-refractivity contribution in [2.75, 3.05) is 20.2 Å². The van der Waals surface area contributed by atoms with Crippen molar-refractivity contribution < 1.29 is 9.53 Å². The van der Waals surface area contributed by atoms with Crippen LogP contribution in [-0.2, 0) is 11.2 Å². The molecule has 0 bridgehead atoms. The quantitative estimate of drug-likeness (QED) is 0.832. The van der Waals surface area contributed by atoms with Crippen molar-refractivity contribution in [1.29, 1.82) is 0 Å². The third-order valence-electron chi connectivity index (χ3n) is 3.72. The average Bonchev–Trinajstić information content (AvgIpc) is 2.91. The zero-order chi connectivity index (χ0) is 14.4. The molecule has 1 aliphatic heterocycles. The van der Waals surface area contributed by atoms with E-state index in [1.807, 2.05) is 18.2 Å². The lowest BCUT2D eigenvalue weighted by Crippen LogP contribution is -2.37. The zero-order valence-electron chi connectivity index (χ0n) is 12.3. The number of hydrogen-bond donors (Lipinski definition) is 2. The van der Waals surface area contributed by atoms with Gasteiger partial charge in [-0.25, -0.2) is 0 Å². The lowest BCUT2D eigenvalue weighted by molar-refractivity contribution is -0.122. The smallest absolute Gasteiger partial charge is 0.220 e. The normalized spacial score (nSPS) is 19.6. The molecule has 20 heavy (non-hydrogen) atoms. The van der Waals surface area contributed by atoms with Crippen LogP contribution < -0.4 is 15.4 Å². The van der Waals surface area contributed by atoms with Gasteiger partial charge in [0.25, 0.3) is 0 Å². The van der Waals surface area contributed by atoms with Crippen molar-refractivity contribution in [2.24, 2.45) is 5.92 Å². The summed E-state index contributed by atoms with van der Waals surface area (Å²) >= 11 is 0. The van der Waals surface area contributed by atoms with Gasteiger partial charge >= 0.3 is 0 Å². The maximum absolute atomic E-state index is 12.0. The monoisotopic (exact) mass is 276 g/mol. The Hall–Kier alpha value is -1.55. The molecule has 1 aliphatic rings. The largest absolute Gasteiger partial charge is 0.496 e. The first-order valence-electron chi connectivity index (χ1n) is 7.31. The third-order valence-corrected chi connectivity index (χ3v) is 3.72. The Morgan fingerprint density at radius 2 is 2.30 bits per heavy atom. The number of ether oxygens (including phenoxy) is 1. The van der Waals surface area contributed by atoms with Crippen LogP contribution in [0.2, 0.25) is 0 Å². The second-order valence-corrected chi connectivity index (χ2v) is 5.58. The minimum Gasteiger partial charge on any atom is -0.496 e. The molecule has 0 aromatic heterocycles. The van der Waals surface area contributed by atoms with Gasteiger partial charge in [-0.15, -0.1) is 0 Å². The predicted octanol–water partition coefficient (Wildman–Crippen LogP) is 1.74.